The Labute approximate surface area is 130 Å². The second-order valence-electron chi connectivity index (χ2n) is 5.25. The maximum absolute atomic E-state index is 12.7. The van der Waals surface area contributed by atoms with Gasteiger partial charge in [-0.3, -0.25) is 8.78 Å². The Morgan fingerprint density at radius 1 is 1.43 bits per heavy atom. The monoisotopic (exact) mass is 322 g/mol. The third-order valence-electron chi connectivity index (χ3n) is 3.47. The summed E-state index contributed by atoms with van der Waals surface area (Å²) in [5.74, 6) is 1.89. The van der Waals surface area contributed by atoms with Crippen LogP contribution in [0.1, 0.15) is 40.2 Å². The summed E-state index contributed by atoms with van der Waals surface area (Å²) in [6.07, 6.45) is 4.10. The Hall–Kier alpha value is -1.34. The lowest BCUT2D eigenvalue weighted by molar-refractivity contribution is 0.641. The van der Waals surface area contributed by atoms with Gasteiger partial charge in [-0.2, -0.15) is 0 Å². The molecule has 0 radical (unpaired) electrons. The molecule has 2 aromatic heterocycles. The van der Waals surface area contributed by atoms with E-state index < -0.39 is 10.8 Å². The third-order valence-corrected chi connectivity index (χ3v) is 5.98. The molecule has 112 valence electrons. The molecule has 0 aromatic carbocycles. The topological polar surface area (TPSA) is 60.7 Å². The van der Waals surface area contributed by atoms with E-state index in [1.54, 1.807) is 17.4 Å². The SMILES string of the molecule is C=CCn1c(C2CC2)nnc1[S@](=O)Cc1sc(C)nc1C. The first kappa shape index (κ1) is 14.6. The smallest absolute Gasteiger partial charge is 0.222 e. The van der Waals surface area contributed by atoms with E-state index in [0.29, 0.717) is 23.4 Å². The number of rotatable bonds is 6. The molecule has 7 heteroatoms. The van der Waals surface area contributed by atoms with Gasteiger partial charge in [-0.15, -0.1) is 28.1 Å². The van der Waals surface area contributed by atoms with Crippen LogP contribution in [0.3, 0.4) is 0 Å². The minimum Gasteiger partial charge on any atom is -0.300 e. The van der Waals surface area contributed by atoms with Crippen LogP contribution in [0, 0.1) is 13.8 Å². The fourth-order valence-electron chi connectivity index (χ4n) is 2.30. The quantitative estimate of drug-likeness (QED) is 0.767. The van der Waals surface area contributed by atoms with E-state index in [9.17, 15) is 4.21 Å². The molecule has 0 aliphatic heterocycles. The molecular formula is C14H18N4OS2. The van der Waals surface area contributed by atoms with Crippen molar-refractivity contribution in [1.29, 1.82) is 0 Å². The summed E-state index contributed by atoms with van der Waals surface area (Å²) in [5.41, 5.74) is 0.961. The van der Waals surface area contributed by atoms with Crippen LogP contribution in [-0.2, 0) is 23.1 Å². The van der Waals surface area contributed by atoms with Crippen LogP contribution in [-0.4, -0.2) is 24.0 Å². The van der Waals surface area contributed by atoms with Crippen LogP contribution in [0.15, 0.2) is 17.8 Å². The van der Waals surface area contributed by atoms with Crippen molar-refractivity contribution in [3.8, 4) is 0 Å². The first-order valence-corrected chi connectivity index (χ1v) is 9.09. The molecule has 3 rings (SSSR count). The number of allylic oxidation sites excluding steroid dienone is 1. The Morgan fingerprint density at radius 3 is 2.76 bits per heavy atom. The largest absolute Gasteiger partial charge is 0.300 e. The zero-order valence-corrected chi connectivity index (χ0v) is 13.8. The second kappa shape index (κ2) is 5.81. The van der Waals surface area contributed by atoms with E-state index in [2.05, 4.69) is 21.8 Å². The molecule has 1 atom stereocenters. The highest BCUT2D eigenvalue weighted by Crippen LogP contribution is 2.39. The minimum absolute atomic E-state index is 0.456. The van der Waals surface area contributed by atoms with Crippen molar-refractivity contribution in [3.63, 3.8) is 0 Å². The minimum atomic E-state index is -1.20. The van der Waals surface area contributed by atoms with Gasteiger partial charge in [0.05, 0.1) is 27.3 Å². The predicted octanol–water partition coefficient (Wildman–Crippen LogP) is 2.72. The highest BCUT2D eigenvalue weighted by molar-refractivity contribution is 7.84. The van der Waals surface area contributed by atoms with Crippen LogP contribution in [0.4, 0.5) is 0 Å². The van der Waals surface area contributed by atoms with Gasteiger partial charge in [0.15, 0.2) is 0 Å². The van der Waals surface area contributed by atoms with Gasteiger partial charge < -0.3 is 0 Å². The summed E-state index contributed by atoms with van der Waals surface area (Å²) < 4.78 is 14.6. The van der Waals surface area contributed by atoms with Gasteiger partial charge >= 0.3 is 0 Å². The number of hydrogen-bond donors (Lipinski definition) is 0. The number of aryl methyl sites for hydroxylation is 2. The maximum atomic E-state index is 12.7. The molecule has 0 spiro atoms. The first-order chi connectivity index (χ1) is 10.1. The Morgan fingerprint density at radius 2 is 2.19 bits per heavy atom. The molecule has 0 N–H and O–H groups in total. The summed E-state index contributed by atoms with van der Waals surface area (Å²) in [6, 6.07) is 0. The van der Waals surface area contributed by atoms with Gasteiger partial charge in [-0.1, -0.05) is 6.08 Å². The number of aromatic nitrogens is 4. The molecule has 0 amide bonds. The molecule has 21 heavy (non-hydrogen) atoms. The molecule has 5 nitrogen and oxygen atoms in total. The number of nitrogens with zero attached hydrogens (tertiary/aromatic N) is 4. The van der Waals surface area contributed by atoms with Crippen molar-refractivity contribution in [3.05, 3.63) is 34.1 Å². The summed E-state index contributed by atoms with van der Waals surface area (Å²) in [5, 5.41) is 9.99. The lowest BCUT2D eigenvalue weighted by Gasteiger charge is -2.06. The van der Waals surface area contributed by atoms with Gasteiger partial charge in [-0.25, -0.2) is 4.98 Å². The third kappa shape index (κ3) is 2.98. The van der Waals surface area contributed by atoms with Crippen LogP contribution in [0.2, 0.25) is 0 Å². The van der Waals surface area contributed by atoms with Crippen LogP contribution < -0.4 is 0 Å². The molecule has 2 heterocycles. The number of thiazole rings is 1. The molecule has 0 bridgehead atoms. The predicted molar refractivity (Wildman–Crippen MR) is 83.9 cm³/mol. The van der Waals surface area contributed by atoms with Crippen LogP contribution >= 0.6 is 11.3 Å². The molecule has 0 saturated heterocycles. The second-order valence-corrected chi connectivity index (χ2v) is 7.88. The van der Waals surface area contributed by atoms with Gasteiger partial charge in [0.2, 0.25) is 5.16 Å². The standard InChI is InChI=1S/C14H18N4OS2/c1-4-7-18-13(11-5-6-11)16-17-14(18)21(19)8-12-9(2)15-10(3)20-12/h4,11H,1,5-8H2,2-3H3/t21-/m1/s1. The highest BCUT2D eigenvalue weighted by atomic mass is 32.2. The van der Waals surface area contributed by atoms with Crippen molar-refractivity contribution in [1.82, 2.24) is 19.7 Å². The summed E-state index contributed by atoms with van der Waals surface area (Å²) in [4.78, 5) is 5.45. The fourth-order valence-corrected chi connectivity index (χ4v) is 4.71. The zero-order chi connectivity index (χ0) is 15.0. The number of hydrogen-bond acceptors (Lipinski definition) is 5. The van der Waals surface area contributed by atoms with E-state index in [1.807, 2.05) is 18.4 Å². The van der Waals surface area contributed by atoms with Crippen molar-refractivity contribution in [2.24, 2.45) is 0 Å². The summed E-state index contributed by atoms with van der Waals surface area (Å²) >= 11 is 1.60. The van der Waals surface area contributed by atoms with E-state index in [0.717, 1.165) is 34.2 Å². The lowest BCUT2D eigenvalue weighted by atomic mass is 10.4. The van der Waals surface area contributed by atoms with Crippen molar-refractivity contribution in [2.45, 2.75) is 50.1 Å². The maximum Gasteiger partial charge on any atom is 0.222 e. The first-order valence-electron chi connectivity index (χ1n) is 6.95. The average Bonchev–Trinajstić information content (AvgIpc) is 3.11. The Balaban J connectivity index is 1.87. The average molecular weight is 322 g/mol. The molecule has 1 fully saturated rings. The molecular weight excluding hydrogens is 304 g/mol. The molecule has 0 unspecified atom stereocenters. The molecule has 2 aromatic rings. The highest BCUT2D eigenvalue weighted by Gasteiger charge is 2.31. The van der Waals surface area contributed by atoms with Crippen LogP contribution in [0.25, 0.3) is 0 Å². The Bertz CT molecular complexity index is 700. The van der Waals surface area contributed by atoms with Gasteiger partial charge in [-0.05, 0) is 26.7 Å². The van der Waals surface area contributed by atoms with Crippen LogP contribution in [0.5, 0.6) is 0 Å². The zero-order valence-electron chi connectivity index (χ0n) is 12.2. The molecule has 1 aliphatic carbocycles. The van der Waals surface area contributed by atoms with Crippen molar-refractivity contribution < 1.29 is 4.21 Å². The summed E-state index contributed by atoms with van der Waals surface area (Å²) in [7, 11) is -1.20. The van der Waals surface area contributed by atoms with Gasteiger partial charge in [0, 0.05) is 17.3 Å². The van der Waals surface area contributed by atoms with E-state index in [-0.39, 0.29) is 0 Å². The fraction of sp³-hybridized carbons (Fsp3) is 0.500. The lowest BCUT2D eigenvalue weighted by Crippen LogP contribution is -2.09. The normalized spacial score (nSPS) is 16.1. The van der Waals surface area contributed by atoms with Crippen molar-refractivity contribution >= 4 is 22.1 Å². The van der Waals surface area contributed by atoms with E-state index in [1.165, 1.54) is 0 Å². The Kier molecular flexibility index (Phi) is 4.03. The summed E-state index contributed by atoms with van der Waals surface area (Å²) in [6.45, 7) is 8.31. The van der Waals surface area contributed by atoms with Crippen molar-refractivity contribution in [2.75, 3.05) is 0 Å². The van der Waals surface area contributed by atoms with Gasteiger partial charge in [0.1, 0.15) is 5.82 Å². The van der Waals surface area contributed by atoms with Gasteiger partial charge in [0.25, 0.3) is 0 Å². The van der Waals surface area contributed by atoms with E-state index in [4.69, 9.17) is 0 Å². The molecule has 1 aliphatic rings. The molecule has 1 saturated carbocycles. The van der Waals surface area contributed by atoms with E-state index >= 15 is 0 Å².